The third-order valence-corrected chi connectivity index (χ3v) is 4.33. The van der Waals surface area contributed by atoms with Gasteiger partial charge in [-0.05, 0) is 36.8 Å². The monoisotopic (exact) mass is 339 g/mol. The van der Waals surface area contributed by atoms with Gasteiger partial charge in [-0.1, -0.05) is 30.3 Å². The molecule has 0 aliphatic carbocycles. The Bertz CT molecular complexity index is 688. The number of nitrogens with zero attached hydrogens (tertiary/aromatic N) is 2. The van der Waals surface area contributed by atoms with Crippen LogP contribution in [0.2, 0.25) is 0 Å². The predicted molar refractivity (Wildman–Crippen MR) is 101 cm³/mol. The molecule has 1 atom stereocenters. The van der Waals surface area contributed by atoms with Gasteiger partial charge in [0, 0.05) is 38.1 Å². The van der Waals surface area contributed by atoms with Crippen LogP contribution in [0.5, 0.6) is 0 Å². The van der Waals surface area contributed by atoms with Gasteiger partial charge in [-0.25, -0.2) is 4.79 Å². The van der Waals surface area contributed by atoms with Crippen LogP contribution in [0.4, 0.5) is 16.2 Å². The van der Waals surface area contributed by atoms with E-state index in [2.05, 4.69) is 17.1 Å². The summed E-state index contributed by atoms with van der Waals surface area (Å²) in [5.41, 5.74) is 3.07. The molecule has 2 amide bonds. The second kappa shape index (κ2) is 8.03. The fourth-order valence-corrected chi connectivity index (χ4v) is 2.96. The average Bonchev–Trinajstić information content (AvgIpc) is 2.63. The molecule has 2 aromatic rings. The molecular formula is C20H25N3O2. The standard InChI is InChI=1S/C20H25N3O2/c1-16-14-23(12-13-25-16)19-10-8-18(9-11-19)21-20(24)22(2)15-17-6-4-3-5-7-17/h3-11,16H,12-15H2,1-2H3,(H,21,24)/t16-/m0/s1. The Morgan fingerprint density at radius 3 is 2.60 bits per heavy atom. The molecular weight excluding hydrogens is 314 g/mol. The van der Waals surface area contributed by atoms with Crippen molar-refractivity contribution in [2.45, 2.75) is 19.6 Å². The van der Waals surface area contributed by atoms with Crippen LogP contribution in [0.25, 0.3) is 0 Å². The molecule has 1 aliphatic heterocycles. The van der Waals surface area contributed by atoms with Gasteiger partial charge in [-0.15, -0.1) is 0 Å². The molecule has 0 spiro atoms. The van der Waals surface area contributed by atoms with Gasteiger partial charge in [0.25, 0.3) is 0 Å². The van der Waals surface area contributed by atoms with Crippen LogP contribution in [0.15, 0.2) is 54.6 Å². The molecule has 1 saturated heterocycles. The minimum absolute atomic E-state index is 0.114. The van der Waals surface area contributed by atoms with Crippen molar-refractivity contribution < 1.29 is 9.53 Å². The lowest BCUT2D eigenvalue weighted by atomic mass is 10.2. The van der Waals surface area contributed by atoms with E-state index in [1.54, 1.807) is 11.9 Å². The molecule has 1 N–H and O–H groups in total. The Balaban J connectivity index is 1.56. The molecule has 0 radical (unpaired) electrons. The van der Waals surface area contributed by atoms with Gasteiger partial charge in [0.15, 0.2) is 0 Å². The molecule has 1 heterocycles. The SMILES string of the molecule is C[C@H]1CN(c2ccc(NC(=O)N(C)Cc3ccccc3)cc2)CCO1. The number of carbonyl (C=O) groups is 1. The van der Waals surface area contributed by atoms with Crippen LogP contribution < -0.4 is 10.2 Å². The quantitative estimate of drug-likeness (QED) is 0.926. The third-order valence-electron chi connectivity index (χ3n) is 4.33. The molecule has 3 rings (SSSR count). The summed E-state index contributed by atoms with van der Waals surface area (Å²) >= 11 is 0. The van der Waals surface area contributed by atoms with Gasteiger partial charge in [0.05, 0.1) is 12.7 Å². The molecule has 1 aliphatic rings. The Morgan fingerprint density at radius 1 is 1.20 bits per heavy atom. The summed E-state index contributed by atoms with van der Waals surface area (Å²) in [5, 5.41) is 2.94. The van der Waals surface area contributed by atoms with E-state index in [0.29, 0.717) is 6.54 Å². The first-order valence-corrected chi connectivity index (χ1v) is 8.64. The van der Waals surface area contributed by atoms with Crippen molar-refractivity contribution >= 4 is 17.4 Å². The molecule has 0 bridgehead atoms. The van der Waals surface area contributed by atoms with Gasteiger partial charge >= 0.3 is 6.03 Å². The number of ether oxygens (including phenoxy) is 1. The van der Waals surface area contributed by atoms with Crippen molar-refractivity contribution in [2.75, 3.05) is 37.0 Å². The fraction of sp³-hybridized carbons (Fsp3) is 0.350. The Kier molecular flexibility index (Phi) is 5.56. The Hall–Kier alpha value is -2.53. The number of carbonyl (C=O) groups excluding carboxylic acids is 1. The van der Waals surface area contributed by atoms with Gasteiger partial charge in [-0.3, -0.25) is 0 Å². The average molecular weight is 339 g/mol. The van der Waals surface area contributed by atoms with E-state index in [1.807, 2.05) is 54.6 Å². The first kappa shape index (κ1) is 17.3. The first-order valence-electron chi connectivity index (χ1n) is 8.64. The smallest absolute Gasteiger partial charge is 0.321 e. The molecule has 5 heteroatoms. The van der Waals surface area contributed by atoms with Crippen LogP contribution in [0, 0.1) is 0 Å². The highest BCUT2D eigenvalue weighted by atomic mass is 16.5. The summed E-state index contributed by atoms with van der Waals surface area (Å²) in [4.78, 5) is 16.3. The third kappa shape index (κ3) is 4.73. The second-order valence-corrected chi connectivity index (χ2v) is 6.45. The molecule has 0 saturated carbocycles. The number of amides is 2. The summed E-state index contributed by atoms with van der Waals surface area (Å²) < 4.78 is 5.58. The van der Waals surface area contributed by atoms with Crippen LogP contribution in [-0.2, 0) is 11.3 Å². The van der Waals surface area contributed by atoms with Crippen molar-refractivity contribution in [3.63, 3.8) is 0 Å². The number of hydrogen-bond donors (Lipinski definition) is 1. The molecule has 0 aromatic heterocycles. The minimum atomic E-state index is -0.114. The predicted octanol–water partition coefficient (Wildman–Crippen LogP) is 3.58. The summed E-state index contributed by atoms with van der Waals surface area (Å²) in [5.74, 6) is 0. The lowest BCUT2D eigenvalue weighted by Gasteiger charge is -2.33. The normalized spacial score (nSPS) is 17.2. The number of benzene rings is 2. The van der Waals surface area contributed by atoms with Crippen molar-refractivity contribution in [2.24, 2.45) is 0 Å². The van der Waals surface area contributed by atoms with Gasteiger partial charge in [0.2, 0.25) is 0 Å². The Labute approximate surface area is 149 Å². The lowest BCUT2D eigenvalue weighted by Crippen LogP contribution is -2.41. The molecule has 0 unspecified atom stereocenters. The summed E-state index contributed by atoms with van der Waals surface area (Å²) in [6.45, 7) is 5.21. The van der Waals surface area contributed by atoms with Gasteiger partial charge < -0.3 is 19.9 Å². The molecule has 2 aromatic carbocycles. The number of rotatable bonds is 4. The highest BCUT2D eigenvalue weighted by Crippen LogP contribution is 2.20. The van der Waals surface area contributed by atoms with Crippen LogP contribution in [0.1, 0.15) is 12.5 Å². The highest BCUT2D eigenvalue weighted by Gasteiger charge is 2.17. The zero-order valence-electron chi connectivity index (χ0n) is 14.8. The van der Waals surface area contributed by atoms with E-state index in [9.17, 15) is 4.79 Å². The van der Waals surface area contributed by atoms with E-state index in [0.717, 1.165) is 36.6 Å². The number of nitrogens with one attached hydrogen (secondary N) is 1. The van der Waals surface area contributed by atoms with Crippen molar-refractivity contribution in [1.82, 2.24) is 4.90 Å². The lowest BCUT2D eigenvalue weighted by molar-refractivity contribution is 0.0532. The van der Waals surface area contributed by atoms with Crippen LogP contribution in [-0.4, -0.2) is 43.8 Å². The fourth-order valence-electron chi connectivity index (χ4n) is 2.96. The summed E-state index contributed by atoms with van der Waals surface area (Å²) in [6, 6.07) is 17.8. The number of urea groups is 1. The van der Waals surface area contributed by atoms with E-state index in [4.69, 9.17) is 4.74 Å². The maximum absolute atomic E-state index is 12.3. The number of anilines is 2. The van der Waals surface area contributed by atoms with Crippen LogP contribution in [0.3, 0.4) is 0 Å². The maximum Gasteiger partial charge on any atom is 0.321 e. The zero-order chi connectivity index (χ0) is 17.6. The highest BCUT2D eigenvalue weighted by molar-refractivity contribution is 5.89. The van der Waals surface area contributed by atoms with Gasteiger partial charge in [-0.2, -0.15) is 0 Å². The Morgan fingerprint density at radius 2 is 1.92 bits per heavy atom. The van der Waals surface area contributed by atoms with E-state index in [1.165, 1.54) is 0 Å². The van der Waals surface area contributed by atoms with Crippen molar-refractivity contribution in [1.29, 1.82) is 0 Å². The largest absolute Gasteiger partial charge is 0.375 e. The summed E-state index contributed by atoms with van der Waals surface area (Å²) in [7, 11) is 1.80. The number of morpholine rings is 1. The molecule has 5 nitrogen and oxygen atoms in total. The van der Waals surface area contributed by atoms with E-state index in [-0.39, 0.29) is 12.1 Å². The molecule has 25 heavy (non-hydrogen) atoms. The maximum atomic E-state index is 12.3. The molecule has 1 fully saturated rings. The second-order valence-electron chi connectivity index (χ2n) is 6.45. The van der Waals surface area contributed by atoms with Crippen LogP contribution >= 0.6 is 0 Å². The summed E-state index contributed by atoms with van der Waals surface area (Å²) in [6.07, 6.45) is 0.250. The van der Waals surface area contributed by atoms with Gasteiger partial charge in [0.1, 0.15) is 0 Å². The van der Waals surface area contributed by atoms with Crippen molar-refractivity contribution in [3.05, 3.63) is 60.2 Å². The van der Waals surface area contributed by atoms with Crippen molar-refractivity contribution in [3.8, 4) is 0 Å². The molecule has 132 valence electrons. The number of hydrogen-bond acceptors (Lipinski definition) is 3. The van der Waals surface area contributed by atoms with E-state index >= 15 is 0 Å². The zero-order valence-corrected chi connectivity index (χ0v) is 14.8. The topological polar surface area (TPSA) is 44.8 Å². The first-order chi connectivity index (χ1) is 12.1. The minimum Gasteiger partial charge on any atom is -0.375 e. The van der Waals surface area contributed by atoms with E-state index < -0.39 is 0 Å².